The molecule has 1 amide bonds. The van der Waals surface area contributed by atoms with Gasteiger partial charge in [0.1, 0.15) is 5.82 Å². The van der Waals surface area contributed by atoms with Crippen LogP contribution in [0.5, 0.6) is 11.5 Å². The average molecular weight is 357 g/mol. The Morgan fingerprint density at radius 1 is 1.08 bits per heavy atom. The fourth-order valence-corrected chi connectivity index (χ4v) is 2.42. The Labute approximate surface area is 153 Å². The fourth-order valence-electron chi connectivity index (χ4n) is 2.42. The lowest BCUT2D eigenvalue weighted by molar-refractivity contribution is -0.116. The Morgan fingerprint density at radius 2 is 1.85 bits per heavy atom. The Kier molecular flexibility index (Phi) is 7.68. The number of ether oxygens (including phenoxy) is 2. The van der Waals surface area contributed by atoms with E-state index in [1.807, 2.05) is 38.1 Å². The van der Waals surface area contributed by atoms with E-state index in [9.17, 15) is 9.18 Å². The topological polar surface area (TPSA) is 47.6 Å². The van der Waals surface area contributed by atoms with Gasteiger partial charge < -0.3 is 14.8 Å². The number of halogens is 1. The van der Waals surface area contributed by atoms with Crippen molar-refractivity contribution >= 4 is 12.0 Å². The van der Waals surface area contributed by atoms with Gasteiger partial charge in [-0.05, 0) is 61.7 Å². The van der Waals surface area contributed by atoms with E-state index in [0.717, 1.165) is 11.1 Å². The van der Waals surface area contributed by atoms with Gasteiger partial charge in [-0.15, -0.1) is 0 Å². The lowest BCUT2D eigenvalue weighted by atomic mass is 10.1. The smallest absolute Gasteiger partial charge is 0.244 e. The molecule has 2 rings (SSSR count). The molecule has 2 aromatic carbocycles. The minimum absolute atomic E-state index is 0.201. The van der Waals surface area contributed by atoms with Crippen molar-refractivity contribution < 1.29 is 18.7 Å². The highest BCUT2D eigenvalue weighted by atomic mass is 19.1. The van der Waals surface area contributed by atoms with E-state index in [1.165, 1.54) is 18.2 Å². The number of amides is 1. The zero-order valence-corrected chi connectivity index (χ0v) is 15.1. The second-order valence-electron chi connectivity index (χ2n) is 5.58. The molecule has 1 N–H and O–H groups in total. The normalized spacial score (nSPS) is 10.7. The third-order valence-electron chi connectivity index (χ3n) is 3.60. The van der Waals surface area contributed by atoms with Crippen LogP contribution in [0.4, 0.5) is 4.39 Å². The third kappa shape index (κ3) is 6.24. The number of hydrogen-bond acceptors (Lipinski definition) is 3. The molecule has 0 bridgehead atoms. The molecule has 0 aliphatic carbocycles. The van der Waals surface area contributed by atoms with Crippen molar-refractivity contribution in [3.8, 4) is 11.5 Å². The van der Waals surface area contributed by atoms with E-state index < -0.39 is 0 Å². The number of carbonyl (C=O) groups excluding carboxylic acids is 1. The Bertz CT molecular complexity index is 759. The zero-order chi connectivity index (χ0) is 18.8. The summed E-state index contributed by atoms with van der Waals surface area (Å²) in [6.45, 7) is 5.36. The Balaban J connectivity index is 1.89. The second kappa shape index (κ2) is 10.2. The molecule has 0 saturated carbocycles. The molecule has 26 heavy (non-hydrogen) atoms. The highest BCUT2D eigenvalue weighted by molar-refractivity contribution is 5.91. The monoisotopic (exact) mass is 357 g/mol. The van der Waals surface area contributed by atoms with E-state index in [4.69, 9.17) is 9.47 Å². The number of carbonyl (C=O) groups is 1. The first-order valence-electron chi connectivity index (χ1n) is 8.72. The van der Waals surface area contributed by atoms with Gasteiger partial charge in [-0.2, -0.15) is 0 Å². The Morgan fingerprint density at radius 3 is 2.58 bits per heavy atom. The van der Waals surface area contributed by atoms with E-state index in [0.29, 0.717) is 37.7 Å². The fraction of sp³-hybridized carbons (Fsp3) is 0.286. The molecule has 0 aliphatic heterocycles. The van der Waals surface area contributed by atoms with Crippen molar-refractivity contribution in [1.29, 1.82) is 0 Å². The summed E-state index contributed by atoms with van der Waals surface area (Å²) in [5.41, 5.74) is 1.69. The first-order chi connectivity index (χ1) is 12.6. The lowest BCUT2D eigenvalue weighted by Crippen LogP contribution is -2.23. The van der Waals surface area contributed by atoms with Crippen LogP contribution in [0.2, 0.25) is 0 Å². The van der Waals surface area contributed by atoms with Crippen LogP contribution >= 0.6 is 0 Å². The van der Waals surface area contributed by atoms with Gasteiger partial charge in [0.15, 0.2) is 11.5 Å². The van der Waals surface area contributed by atoms with Gasteiger partial charge in [-0.25, -0.2) is 4.39 Å². The second-order valence-corrected chi connectivity index (χ2v) is 5.58. The van der Waals surface area contributed by atoms with E-state index in [1.54, 1.807) is 12.1 Å². The van der Waals surface area contributed by atoms with Gasteiger partial charge in [-0.3, -0.25) is 4.79 Å². The molecule has 0 fully saturated rings. The summed E-state index contributed by atoms with van der Waals surface area (Å²) in [6.07, 6.45) is 3.77. The van der Waals surface area contributed by atoms with E-state index in [2.05, 4.69) is 5.32 Å². The molecule has 0 atom stereocenters. The SMILES string of the molecule is CCOc1ccc(/C=C/C(=O)NCCc2cccc(F)c2)cc1OCC. The van der Waals surface area contributed by atoms with Crippen LogP contribution in [0.1, 0.15) is 25.0 Å². The van der Waals surface area contributed by atoms with Crippen molar-refractivity contribution in [2.45, 2.75) is 20.3 Å². The molecule has 0 saturated heterocycles. The summed E-state index contributed by atoms with van der Waals surface area (Å²) in [5.74, 6) is 0.872. The summed E-state index contributed by atoms with van der Waals surface area (Å²) in [6, 6.07) is 11.9. The molecule has 4 nitrogen and oxygen atoms in total. The maximum atomic E-state index is 13.1. The van der Waals surface area contributed by atoms with Gasteiger partial charge in [-0.1, -0.05) is 18.2 Å². The highest BCUT2D eigenvalue weighted by Gasteiger charge is 2.05. The maximum Gasteiger partial charge on any atom is 0.244 e. The molecule has 0 unspecified atom stereocenters. The van der Waals surface area contributed by atoms with Crippen molar-refractivity contribution in [2.24, 2.45) is 0 Å². The predicted octanol–water partition coefficient (Wildman–Crippen LogP) is 4.00. The van der Waals surface area contributed by atoms with E-state index >= 15 is 0 Å². The summed E-state index contributed by atoms with van der Waals surface area (Å²) in [7, 11) is 0. The summed E-state index contributed by atoms with van der Waals surface area (Å²) >= 11 is 0. The lowest BCUT2D eigenvalue weighted by Gasteiger charge is -2.11. The van der Waals surface area contributed by atoms with Crippen molar-refractivity contribution in [3.63, 3.8) is 0 Å². The van der Waals surface area contributed by atoms with Gasteiger partial charge in [0.25, 0.3) is 0 Å². The molecular weight excluding hydrogens is 333 g/mol. The molecular formula is C21H24FNO3. The average Bonchev–Trinajstić information content (AvgIpc) is 2.62. The minimum atomic E-state index is -0.269. The highest BCUT2D eigenvalue weighted by Crippen LogP contribution is 2.28. The van der Waals surface area contributed by atoms with Gasteiger partial charge in [0, 0.05) is 12.6 Å². The molecule has 5 heteroatoms. The van der Waals surface area contributed by atoms with Crippen LogP contribution in [-0.4, -0.2) is 25.7 Å². The first-order valence-corrected chi connectivity index (χ1v) is 8.72. The maximum absolute atomic E-state index is 13.1. The third-order valence-corrected chi connectivity index (χ3v) is 3.60. The van der Waals surface area contributed by atoms with Crippen LogP contribution < -0.4 is 14.8 Å². The Hall–Kier alpha value is -2.82. The molecule has 138 valence electrons. The quantitative estimate of drug-likeness (QED) is 0.690. The van der Waals surface area contributed by atoms with Crippen molar-refractivity contribution in [1.82, 2.24) is 5.32 Å². The van der Waals surface area contributed by atoms with Gasteiger partial charge in [0.05, 0.1) is 13.2 Å². The van der Waals surface area contributed by atoms with Gasteiger partial charge >= 0.3 is 0 Å². The number of nitrogens with one attached hydrogen (secondary N) is 1. The van der Waals surface area contributed by atoms with Crippen LogP contribution in [-0.2, 0) is 11.2 Å². The summed E-state index contributed by atoms with van der Waals surface area (Å²) in [5, 5.41) is 2.79. The zero-order valence-electron chi connectivity index (χ0n) is 15.1. The van der Waals surface area contributed by atoms with Gasteiger partial charge in [0.2, 0.25) is 5.91 Å². The number of rotatable bonds is 9. The molecule has 0 spiro atoms. The van der Waals surface area contributed by atoms with Crippen LogP contribution in [0.3, 0.4) is 0 Å². The number of hydrogen-bond donors (Lipinski definition) is 1. The number of benzene rings is 2. The van der Waals surface area contributed by atoms with Crippen molar-refractivity contribution in [2.75, 3.05) is 19.8 Å². The largest absolute Gasteiger partial charge is 0.490 e. The molecule has 0 heterocycles. The predicted molar refractivity (Wildman–Crippen MR) is 101 cm³/mol. The van der Waals surface area contributed by atoms with Crippen LogP contribution in [0.15, 0.2) is 48.5 Å². The molecule has 0 radical (unpaired) electrons. The first kappa shape index (κ1) is 19.5. The molecule has 2 aromatic rings. The van der Waals surface area contributed by atoms with Crippen LogP contribution in [0.25, 0.3) is 6.08 Å². The van der Waals surface area contributed by atoms with Crippen LogP contribution in [0, 0.1) is 5.82 Å². The standard InChI is InChI=1S/C21H24FNO3/c1-3-25-19-10-8-17(15-20(19)26-4-2)9-11-21(24)23-13-12-16-6-5-7-18(22)14-16/h5-11,14-15H,3-4,12-13H2,1-2H3,(H,23,24)/b11-9+. The molecule has 0 aromatic heterocycles. The molecule has 0 aliphatic rings. The summed E-state index contributed by atoms with van der Waals surface area (Å²) in [4.78, 5) is 11.9. The summed E-state index contributed by atoms with van der Waals surface area (Å²) < 4.78 is 24.2. The van der Waals surface area contributed by atoms with E-state index in [-0.39, 0.29) is 11.7 Å². The minimum Gasteiger partial charge on any atom is -0.490 e. The van der Waals surface area contributed by atoms with Crippen molar-refractivity contribution in [3.05, 3.63) is 65.5 Å².